The average molecular weight is 736 g/mol. The number of carboxylic acid groups (broad SMARTS) is 1. The van der Waals surface area contributed by atoms with E-state index in [0.29, 0.717) is 47.6 Å². The molecule has 10 atom stereocenters. The number of aliphatic carboxylic acids is 1. The summed E-state index contributed by atoms with van der Waals surface area (Å²) in [7, 11) is 0. The molecule has 6 rings (SSSR count). The molecular formula is C45H66ClNO5. The molecule has 1 aromatic rings. The fourth-order valence-corrected chi connectivity index (χ4v) is 14.2. The van der Waals surface area contributed by atoms with E-state index in [1.165, 1.54) is 31.3 Å². The first kappa shape index (κ1) is 39.4. The van der Waals surface area contributed by atoms with Gasteiger partial charge in [0.05, 0.1) is 12.8 Å². The van der Waals surface area contributed by atoms with Crippen LogP contribution in [0.25, 0.3) is 0 Å². The SMILES string of the molecule is C=C(C)[C@@H]1CC[C@]2(CC(=O)NCc3ccc(Cl)cc3)CC[C@]3(C)[C@H](CC[C@@H]4[C@@]5(C)CC[C@H](OC(=O)CC(C)(C)CC(=O)O)C(C)(C)[C@@H]5CC[C@]43C)[C@@H]12. The van der Waals surface area contributed by atoms with Crippen LogP contribution >= 0.6 is 11.6 Å². The van der Waals surface area contributed by atoms with Gasteiger partial charge in [-0.2, -0.15) is 0 Å². The van der Waals surface area contributed by atoms with Crippen molar-refractivity contribution in [2.24, 2.45) is 62.1 Å². The van der Waals surface area contributed by atoms with Crippen molar-refractivity contribution in [2.45, 2.75) is 152 Å². The van der Waals surface area contributed by atoms with E-state index in [4.69, 9.17) is 16.3 Å². The molecule has 5 aliphatic carbocycles. The molecule has 0 aliphatic heterocycles. The second-order valence-electron chi connectivity index (χ2n) is 20.4. The molecule has 0 unspecified atom stereocenters. The smallest absolute Gasteiger partial charge is 0.306 e. The Bertz CT molecular complexity index is 1570. The number of amides is 1. The van der Waals surface area contributed by atoms with E-state index in [1.54, 1.807) is 0 Å². The van der Waals surface area contributed by atoms with Crippen molar-refractivity contribution in [1.82, 2.24) is 5.32 Å². The molecular weight excluding hydrogens is 670 g/mol. The van der Waals surface area contributed by atoms with Crippen molar-refractivity contribution < 1.29 is 24.2 Å². The Balaban J connectivity index is 1.21. The molecule has 288 valence electrons. The van der Waals surface area contributed by atoms with Crippen LogP contribution in [0.5, 0.6) is 0 Å². The van der Waals surface area contributed by atoms with Crippen LogP contribution < -0.4 is 5.32 Å². The summed E-state index contributed by atoms with van der Waals surface area (Å²) in [5.41, 5.74) is 2.09. The lowest BCUT2D eigenvalue weighted by atomic mass is 9.32. The Hall–Kier alpha value is -2.34. The molecule has 0 bridgehead atoms. The zero-order valence-corrected chi connectivity index (χ0v) is 34.1. The Morgan fingerprint density at radius 1 is 0.885 bits per heavy atom. The molecule has 52 heavy (non-hydrogen) atoms. The van der Waals surface area contributed by atoms with E-state index in [9.17, 15) is 19.5 Å². The summed E-state index contributed by atoms with van der Waals surface area (Å²) in [6.07, 6.45) is 11.7. The quantitative estimate of drug-likeness (QED) is 0.184. The number of halogens is 1. The van der Waals surface area contributed by atoms with Crippen LogP contribution in [0.1, 0.15) is 144 Å². The molecule has 1 amide bonds. The maximum absolute atomic E-state index is 13.7. The maximum atomic E-state index is 13.7. The van der Waals surface area contributed by atoms with Crippen molar-refractivity contribution in [1.29, 1.82) is 0 Å². The molecule has 6 nitrogen and oxygen atoms in total. The minimum absolute atomic E-state index is 0.0190. The number of carbonyl (C=O) groups is 3. The van der Waals surface area contributed by atoms with Gasteiger partial charge in [0.2, 0.25) is 5.91 Å². The van der Waals surface area contributed by atoms with Gasteiger partial charge >= 0.3 is 11.9 Å². The Morgan fingerprint density at radius 3 is 2.23 bits per heavy atom. The molecule has 0 spiro atoms. The fourth-order valence-electron chi connectivity index (χ4n) is 14.0. The van der Waals surface area contributed by atoms with Crippen LogP contribution in [0, 0.1) is 62.1 Å². The molecule has 5 fully saturated rings. The number of ether oxygens (including phenoxy) is 1. The Kier molecular flexibility index (Phi) is 10.4. The minimum Gasteiger partial charge on any atom is -0.481 e. The largest absolute Gasteiger partial charge is 0.481 e. The molecule has 1 aromatic carbocycles. The lowest BCUT2D eigenvalue weighted by molar-refractivity contribution is -0.250. The number of hydrogen-bond donors (Lipinski definition) is 2. The monoisotopic (exact) mass is 735 g/mol. The summed E-state index contributed by atoms with van der Waals surface area (Å²) in [5.74, 6) is 1.55. The number of rotatable bonds is 10. The Labute approximate surface area is 318 Å². The topological polar surface area (TPSA) is 92.7 Å². The number of hydrogen-bond acceptors (Lipinski definition) is 4. The number of fused-ring (bicyclic) bond motifs is 7. The zero-order valence-electron chi connectivity index (χ0n) is 33.3. The van der Waals surface area contributed by atoms with Crippen LogP contribution in [0.15, 0.2) is 36.4 Å². The summed E-state index contributed by atoms with van der Waals surface area (Å²) >= 11 is 6.10. The molecule has 7 heteroatoms. The third kappa shape index (κ3) is 6.68. The van der Waals surface area contributed by atoms with Gasteiger partial charge in [0, 0.05) is 23.4 Å². The van der Waals surface area contributed by atoms with Crippen LogP contribution in [0.2, 0.25) is 5.02 Å². The van der Waals surface area contributed by atoms with Gasteiger partial charge < -0.3 is 15.2 Å². The van der Waals surface area contributed by atoms with Gasteiger partial charge in [-0.05, 0) is 145 Å². The molecule has 0 saturated heterocycles. The van der Waals surface area contributed by atoms with E-state index < -0.39 is 11.4 Å². The van der Waals surface area contributed by atoms with E-state index in [1.807, 2.05) is 38.1 Å². The summed E-state index contributed by atoms with van der Waals surface area (Å²) in [4.78, 5) is 38.4. The third-order valence-corrected chi connectivity index (χ3v) is 16.9. The third-order valence-electron chi connectivity index (χ3n) is 16.6. The molecule has 0 heterocycles. The first-order chi connectivity index (χ1) is 24.2. The van der Waals surface area contributed by atoms with E-state index >= 15 is 0 Å². The van der Waals surface area contributed by atoms with Crippen LogP contribution in [-0.2, 0) is 25.7 Å². The first-order valence-electron chi connectivity index (χ1n) is 20.3. The van der Waals surface area contributed by atoms with Crippen molar-refractivity contribution in [3.63, 3.8) is 0 Å². The standard InChI is InChI=1S/C45H66ClNO5/c1-28(2)31-16-21-45(24-36(48)47-27-29-10-12-30(46)13-11-29)23-22-43(8)32(39(31)45)14-15-34-42(7)19-18-35(41(5,6)33(42)17-20-44(34,43)9)52-38(51)26-40(3,4)25-37(49)50/h10-13,31-35,39H,1,14-27H2,2-9H3,(H,47,48)(H,49,50)/t31-,32+,33-,34+,35-,39+,42-,43+,44+,45+/m0/s1. The molecule has 2 N–H and O–H groups in total. The molecule has 5 saturated carbocycles. The van der Waals surface area contributed by atoms with E-state index in [0.717, 1.165) is 44.1 Å². The minimum atomic E-state index is -0.886. The number of carboxylic acids is 1. The van der Waals surface area contributed by atoms with Gasteiger partial charge in [-0.15, -0.1) is 0 Å². The van der Waals surface area contributed by atoms with Crippen LogP contribution in [0.4, 0.5) is 0 Å². The molecule has 0 aromatic heterocycles. The lowest BCUT2D eigenvalue weighted by Crippen LogP contribution is -2.67. The number of carbonyl (C=O) groups excluding carboxylic acids is 2. The average Bonchev–Trinajstić information content (AvgIpc) is 3.41. The number of allylic oxidation sites excluding steroid dienone is 1. The normalized spacial score (nSPS) is 39.2. The molecule has 5 aliphatic rings. The summed E-state index contributed by atoms with van der Waals surface area (Å²) in [6.45, 7) is 23.5. The number of nitrogens with one attached hydrogen (secondary N) is 1. The van der Waals surface area contributed by atoms with Crippen molar-refractivity contribution in [2.75, 3.05) is 0 Å². The van der Waals surface area contributed by atoms with E-state index in [2.05, 4.69) is 53.4 Å². The van der Waals surface area contributed by atoms with Gasteiger partial charge in [-0.1, -0.05) is 84.4 Å². The fraction of sp³-hybridized carbons (Fsp3) is 0.756. The highest BCUT2D eigenvalue weighted by atomic mass is 35.5. The first-order valence-corrected chi connectivity index (χ1v) is 20.6. The number of benzene rings is 1. The van der Waals surface area contributed by atoms with Crippen molar-refractivity contribution in [3.8, 4) is 0 Å². The maximum Gasteiger partial charge on any atom is 0.306 e. The summed E-state index contributed by atoms with van der Waals surface area (Å²) in [6, 6.07) is 7.74. The zero-order chi connectivity index (χ0) is 38.1. The van der Waals surface area contributed by atoms with Gasteiger partial charge in [0.15, 0.2) is 0 Å². The summed E-state index contributed by atoms with van der Waals surface area (Å²) < 4.78 is 6.28. The van der Waals surface area contributed by atoms with Crippen LogP contribution in [-0.4, -0.2) is 29.1 Å². The van der Waals surface area contributed by atoms with Gasteiger partial charge in [0.1, 0.15) is 6.10 Å². The van der Waals surface area contributed by atoms with Gasteiger partial charge in [0.25, 0.3) is 0 Å². The van der Waals surface area contributed by atoms with Crippen LogP contribution in [0.3, 0.4) is 0 Å². The Morgan fingerprint density at radius 2 is 1.58 bits per heavy atom. The molecule has 0 radical (unpaired) electrons. The highest BCUT2D eigenvalue weighted by Gasteiger charge is 2.71. The second kappa shape index (κ2) is 13.7. The highest BCUT2D eigenvalue weighted by molar-refractivity contribution is 6.30. The van der Waals surface area contributed by atoms with Gasteiger partial charge in [-0.25, -0.2) is 0 Å². The predicted molar refractivity (Wildman–Crippen MR) is 207 cm³/mol. The van der Waals surface area contributed by atoms with Gasteiger partial charge in [-0.3, -0.25) is 14.4 Å². The highest BCUT2D eigenvalue weighted by Crippen LogP contribution is 2.78. The summed E-state index contributed by atoms with van der Waals surface area (Å²) in [5, 5.41) is 13.3. The number of esters is 1. The lowest BCUT2D eigenvalue weighted by Gasteiger charge is -2.73. The van der Waals surface area contributed by atoms with Crippen molar-refractivity contribution in [3.05, 3.63) is 47.0 Å². The van der Waals surface area contributed by atoms with E-state index in [-0.39, 0.29) is 57.9 Å². The van der Waals surface area contributed by atoms with Crippen molar-refractivity contribution >= 4 is 29.4 Å². The second-order valence-corrected chi connectivity index (χ2v) is 20.8. The predicted octanol–water partition coefficient (Wildman–Crippen LogP) is 10.8.